The maximum atomic E-state index is 6.32. The molecule has 0 unspecified atom stereocenters. The van der Waals surface area contributed by atoms with Crippen LogP contribution in [0.15, 0.2) is 61.6 Å². The summed E-state index contributed by atoms with van der Waals surface area (Å²) < 4.78 is 17.4. The van der Waals surface area contributed by atoms with Crippen LogP contribution in [-0.2, 0) is 18.2 Å². The topological polar surface area (TPSA) is 97.7 Å². The molecule has 6 rings (SSSR count). The molecule has 10 heteroatoms. The van der Waals surface area contributed by atoms with Gasteiger partial charge in [0, 0.05) is 44.7 Å². The van der Waals surface area contributed by atoms with Crippen molar-refractivity contribution in [3.05, 3.63) is 73.0 Å². The van der Waals surface area contributed by atoms with E-state index in [2.05, 4.69) is 15.2 Å². The van der Waals surface area contributed by atoms with Crippen LogP contribution in [0.4, 0.5) is 0 Å². The highest BCUT2D eigenvalue weighted by molar-refractivity contribution is 5.82. The Morgan fingerprint density at radius 2 is 2.06 bits per heavy atom. The summed E-state index contributed by atoms with van der Waals surface area (Å²) in [5.74, 6) is 1.23. The fourth-order valence-corrected chi connectivity index (χ4v) is 4.00. The Bertz CT molecular complexity index is 1400. The second kappa shape index (κ2) is 8.14. The molecule has 0 spiro atoms. The Morgan fingerprint density at radius 3 is 2.85 bits per heavy atom. The lowest BCUT2D eigenvalue weighted by atomic mass is 10.2. The molecule has 0 saturated carbocycles. The molecule has 1 fully saturated rings. The van der Waals surface area contributed by atoms with E-state index in [1.807, 2.05) is 60.8 Å². The third-order valence-corrected chi connectivity index (χ3v) is 5.59. The number of nitrogens with zero attached hydrogens (tertiary/aromatic N) is 8. The minimum absolute atomic E-state index is 0.0264. The van der Waals surface area contributed by atoms with Crippen LogP contribution >= 0.6 is 0 Å². The number of hydrogen-bond acceptors (Lipinski definition) is 7. The van der Waals surface area contributed by atoms with E-state index in [1.165, 1.54) is 0 Å². The minimum Gasteiger partial charge on any atom is -0.470 e. The molecule has 1 aliphatic heterocycles. The van der Waals surface area contributed by atoms with E-state index >= 15 is 0 Å². The normalized spacial score (nSPS) is 16.0. The van der Waals surface area contributed by atoms with E-state index in [-0.39, 0.29) is 6.10 Å². The number of fused-ring (bicyclic) bond motifs is 1. The molecule has 1 atom stereocenters. The smallest absolute Gasteiger partial charge is 0.242 e. The Morgan fingerprint density at radius 1 is 1.09 bits per heavy atom. The lowest BCUT2D eigenvalue weighted by molar-refractivity contribution is 0.139. The van der Waals surface area contributed by atoms with Crippen molar-refractivity contribution in [2.24, 2.45) is 7.05 Å². The van der Waals surface area contributed by atoms with E-state index < -0.39 is 0 Å². The summed E-state index contributed by atoms with van der Waals surface area (Å²) in [7, 11) is 1.89. The molecule has 5 aromatic rings. The molecule has 1 aliphatic rings. The van der Waals surface area contributed by atoms with Gasteiger partial charge in [0.2, 0.25) is 5.88 Å². The number of pyridine rings is 1. The first kappa shape index (κ1) is 19.6. The lowest BCUT2D eigenvalue weighted by Gasteiger charge is -2.14. The molecule has 0 N–H and O–H groups in total. The van der Waals surface area contributed by atoms with Crippen LogP contribution in [0, 0.1) is 0 Å². The van der Waals surface area contributed by atoms with Crippen LogP contribution in [0.25, 0.3) is 22.4 Å². The predicted octanol–water partition coefficient (Wildman–Crippen LogP) is 2.49. The van der Waals surface area contributed by atoms with Crippen molar-refractivity contribution < 1.29 is 9.47 Å². The summed E-state index contributed by atoms with van der Waals surface area (Å²) in [6.07, 6.45) is 14.4. The lowest BCUT2D eigenvalue weighted by Crippen LogP contribution is -2.18. The number of ether oxygens (including phenoxy) is 2. The van der Waals surface area contributed by atoms with Crippen molar-refractivity contribution in [2.75, 3.05) is 13.2 Å². The highest BCUT2D eigenvalue weighted by Crippen LogP contribution is 2.29. The molecule has 1 saturated heterocycles. The zero-order chi connectivity index (χ0) is 22.2. The van der Waals surface area contributed by atoms with Crippen molar-refractivity contribution in [3.63, 3.8) is 0 Å². The average molecular weight is 442 g/mol. The van der Waals surface area contributed by atoms with Gasteiger partial charge in [0.1, 0.15) is 17.4 Å². The Hall–Kier alpha value is -4.05. The minimum atomic E-state index is -0.0264. The van der Waals surface area contributed by atoms with Crippen molar-refractivity contribution in [3.8, 4) is 17.3 Å². The van der Waals surface area contributed by atoms with Gasteiger partial charge in [-0.1, -0.05) is 0 Å². The zero-order valence-electron chi connectivity index (χ0n) is 18.1. The van der Waals surface area contributed by atoms with Crippen molar-refractivity contribution in [1.82, 2.24) is 39.1 Å². The van der Waals surface area contributed by atoms with Crippen molar-refractivity contribution in [2.45, 2.75) is 18.9 Å². The molecule has 0 bridgehead atoms. The quantitative estimate of drug-likeness (QED) is 0.398. The second-order valence-corrected chi connectivity index (χ2v) is 8.02. The maximum Gasteiger partial charge on any atom is 0.242 e. The van der Waals surface area contributed by atoms with Gasteiger partial charge >= 0.3 is 0 Å². The first-order chi connectivity index (χ1) is 16.2. The molecule has 0 amide bonds. The van der Waals surface area contributed by atoms with Crippen LogP contribution < -0.4 is 4.74 Å². The van der Waals surface area contributed by atoms with Gasteiger partial charge in [0.05, 0.1) is 48.7 Å². The van der Waals surface area contributed by atoms with Gasteiger partial charge in [-0.3, -0.25) is 9.67 Å². The molecule has 0 radical (unpaired) electrons. The summed E-state index contributed by atoms with van der Waals surface area (Å²) >= 11 is 0. The number of hydrogen-bond donors (Lipinski definition) is 0. The first-order valence-corrected chi connectivity index (χ1v) is 10.8. The summed E-state index contributed by atoms with van der Waals surface area (Å²) in [4.78, 5) is 13.8. The second-order valence-electron chi connectivity index (χ2n) is 8.02. The van der Waals surface area contributed by atoms with E-state index in [0.717, 1.165) is 34.4 Å². The largest absolute Gasteiger partial charge is 0.470 e. The molecule has 6 heterocycles. The molecular weight excluding hydrogens is 420 g/mol. The summed E-state index contributed by atoms with van der Waals surface area (Å²) in [5.41, 5.74) is 4.47. The SMILES string of the molecule is Cn1cc(-n2ccc3nc(Cc4cnn(-c5cccnc5)c4)nc(O[C@H]4CCOC4)c32)cn1. The molecule has 10 nitrogen and oxygen atoms in total. The summed E-state index contributed by atoms with van der Waals surface area (Å²) in [6, 6.07) is 5.82. The van der Waals surface area contributed by atoms with E-state index in [4.69, 9.17) is 19.4 Å². The number of aryl methyl sites for hydroxylation is 1. The molecule has 166 valence electrons. The molecule has 0 aromatic carbocycles. The monoisotopic (exact) mass is 442 g/mol. The Balaban J connectivity index is 1.37. The first-order valence-electron chi connectivity index (χ1n) is 10.8. The molecular formula is C23H22N8O2. The average Bonchev–Trinajstić information content (AvgIpc) is 3.62. The number of aromatic nitrogens is 8. The molecule has 33 heavy (non-hydrogen) atoms. The van der Waals surface area contributed by atoms with Crippen LogP contribution in [0.3, 0.4) is 0 Å². The standard InChI is InChI=1S/C23H22N8O2/c1-29-14-18(12-25-29)30-7-4-20-22(30)23(33-19-5-8-32-15-19)28-21(27-20)9-16-10-26-31(13-16)17-3-2-6-24-11-17/h2-4,6-7,10-14,19H,5,8-9,15H2,1H3/t19-/m0/s1. The van der Waals surface area contributed by atoms with Gasteiger partial charge in [-0.15, -0.1) is 0 Å². The van der Waals surface area contributed by atoms with Crippen LogP contribution in [0.2, 0.25) is 0 Å². The third-order valence-electron chi connectivity index (χ3n) is 5.59. The highest BCUT2D eigenvalue weighted by atomic mass is 16.5. The fraction of sp³-hybridized carbons (Fsp3) is 0.261. The van der Waals surface area contributed by atoms with Crippen LogP contribution in [-0.4, -0.2) is 58.4 Å². The molecule has 0 aliphatic carbocycles. The third kappa shape index (κ3) is 3.85. The van der Waals surface area contributed by atoms with Gasteiger partial charge in [0.25, 0.3) is 0 Å². The van der Waals surface area contributed by atoms with Gasteiger partial charge in [-0.05, 0) is 23.8 Å². The Labute approximate surface area is 189 Å². The predicted molar refractivity (Wildman–Crippen MR) is 120 cm³/mol. The van der Waals surface area contributed by atoms with Gasteiger partial charge in [-0.25, -0.2) is 9.67 Å². The number of rotatable bonds is 6. The van der Waals surface area contributed by atoms with Crippen molar-refractivity contribution >= 4 is 11.0 Å². The van der Waals surface area contributed by atoms with Gasteiger partial charge in [0.15, 0.2) is 0 Å². The van der Waals surface area contributed by atoms with Gasteiger partial charge < -0.3 is 14.0 Å². The van der Waals surface area contributed by atoms with Crippen LogP contribution in [0.5, 0.6) is 5.88 Å². The van der Waals surface area contributed by atoms with Gasteiger partial charge in [-0.2, -0.15) is 15.2 Å². The maximum absolute atomic E-state index is 6.32. The van der Waals surface area contributed by atoms with Crippen LogP contribution in [0.1, 0.15) is 17.8 Å². The summed E-state index contributed by atoms with van der Waals surface area (Å²) in [6.45, 7) is 1.26. The van der Waals surface area contributed by atoms with E-state index in [1.54, 1.807) is 21.8 Å². The zero-order valence-corrected chi connectivity index (χ0v) is 18.1. The van der Waals surface area contributed by atoms with E-state index in [0.29, 0.717) is 31.3 Å². The highest BCUT2D eigenvalue weighted by Gasteiger charge is 2.22. The Kier molecular flexibility index (Phi) is 4.84. The molecule has 5 aromatic heterocycles. The fourth-order valence-electron chi connectivity index (χ4n) is 4.00. The van der Waals surface area contributed by atoms with Crippen molar-refractivity contribution in [1.29, 1.82) is 0 Å². The van der Waals surface area contributed by atoms with E-state index in [9.17, 15) is 0 Å². The summed E-state index contributed by atoms with van der Waals surface area (Å²) in [5, 5.41) is 8.75.